The van der Waals surface area contributed by atoms with Crippen molar-refractivity contribution in [3.63, 3.8) is 0 Å². The van der Waals surface area contributed by atoms with Gasteiger partial charge >= 0.3 is 0 Å². The molecule has 0 atom stereocenters. The lowest BCUT2D eigenvalue weighted by Crippen LogP contribution is -2.12. The summed E-state index contributed by atoms with van der Waals surface area (Å²) >= 11 is 5.07. The monoisotopic (exact) mass is 334 g/mol. The van der Waals surface area contributed by atoms with E-state index >= 15 is 0 Å². The summed E-state index contributed by atoms with van der Waals surface area (Å²) in [6.45, 7) is 2.01. The summed E-state index contributed by atoms with van der Waals surface area (Å²) in [5.41, 5.74) is 3.49. The quantitative estimate of drug-likeness (QED) is 0.709. The normalized spacial score (nSPS) is 10.8. The fraction of sp³-hybridized carbons (Fsp3) is 0.0714. The van der Waals surface area contributed by atoms with Gasteiger partial charge in [-0.1, -0.05) is 6.07 Å². The highest BCUT2D eigenvalue weighted by Gasteiger charge is 2.11. The predicted molar refractivity (Wildman–Crippen MR) is 83.0 cm³/mol. The summed E-state index contributed by atoms with van der Waals surface area (Å²) in [7, 11) is 0. The minimum absolute atomic E-state index is 0.132. The van der Waals surface area contributed by atoms with E-state index in [0.29, 0.717) is 5.69 Å². The minimum atomic E-state index is -0.132. The number of amides is 1. The van der Waals surface area contributed by atoms with Crippen molar-refractivity contribution in [3.8, 4) is 0 Å². The summed E-state index contributed by atoms with van der Waals surface area (Å²) < 4.78 is 1.97. The number of anilines is 1. The van der Waals surface area contributed by atoms with Gasteiger partial charge in [0.05, 0.1) is 15.9 Å². The molecule has 0 fully saturated rings. The second-order valence-corrected chi connectivity index (χ2v) is 6.12. The van der Waals surface area contributed by atoms with E-state index in [1.807, 2.05) is 42.6 Å². The maximum atomic E-state index is 12.2. The van der Waals surface area contributed by atoms with Crippen LogP contribution in [0.5, 0.6) is 0 Å². The molecule has 2 heterocycles. The molecule has 5 heteroatoms. The lowest BCUT2D eigenvalue weighted by atomic mass is 10.2. The van der Waals surface area contributed by atoms with Crippen LogP contribution in [0.2, 0.25) is 0 Å². The molecule has 0 aliphatic rings. The first-order valence-electron chi connectivity index (χ1n) is 5.77. The maximum absolute atomic E-state index is 12.2. The number of aromatic amines is 1. The Balaban J connectivity index is 1.86. The summed E-state index contributed by atoms with van der Waals surface area (Å²) in [6.07, 6.45) is 0. The Labute approximate surface area is 122 Å². The van der Waals surface area contributed by atoms with Crippen LogP contribution in [-0.2, 0) is 0 Å². The van der Waals surface area contributed by atoms with Crippen molar-refractivity contribution in [2.75, 3.05) is 5.32 Å². The highest BCUT2D eigenvalue weighted by Crippen LogP contribution is 2.25. The van der Waals surface area contributed by atoms with Gasteiger partial charge in [0.15, 0.2) is 0 Å². The van der Waals surface area contributed by atoms with Crippen LogP contribution >= 0.6 is 27.3 Å². The number of H-pyrrole nitrogens is 1. The highest BCUT2D eigenvalue weighted by molar-refractivity contribution is 9.10. The number of thiophene rings is 1. The first kappa shape index (κ1) is 12.4. The molecule has 0 unspecified atom stereocenters. The molecule has 0 saturated heterocycles. The van der Waals surface area contributed by atoms with E-state index in [0.717, 1.165) is 25.9 Å². The van der Waals surface area contributed by atoms with Crippen LogP contribution in [0.4, 0.5) is 5.69 Å². The molecule has 3 aromatic rings. The first-order chi connectivity index (χ1) is 9.13. The average molecular weight is 335 g/mol. The van der Waals surface area contributed by atoms with Crippen molar-refractivity contribution in [2.24, 2.45) is 0 Å². The van der Waals surface area contributed by atoms with Crippen LogP contribution in [0.1, 0.15) is 16.1 Å². The summed E-state index contributed by atoms with van der Waals surface area (Å²) in [5.74, 6) is -0.132. The molecule has 2 aromatic heterocycles. The Hall–Kier alpha value is -1.59. The summed E-state index contributed by atoms with van der Waals surface area (Å²) in [6, 6.07) is 9.68. The number of carbonyl (C=O) groups is 1. The van der Waals surface area contributed by atoms with E-state index in [-0.39, 0.29) is 5.91 Å². The van der Waals surface area contributed by atoms with E-state index < -0.39 is 0 Å². The minimum Gasteiger partial charge on any atom is -0.350 e. The number of benzene rings is 1. The maximum Gasteiger partial charge on any atom is 0.272 e. The molecule has 96 valence electrons. The Bertz CT molecular complexity index is 731. The zero-order valence-electron chi connectivity index (χ0n) is 10.2. The fourth-order valence-electron chi connectivity index (χ4n) is 1.88. The molecule has 1 amide bonds. The third kappa shape index (κ3) is 2.43. The highest BCUT2D eigenvalue weighted by atomic mass is 79.9. The Morgan fingerprint density at radius 2 is 2.16 bits per heavy atom. The van der Waals surface area contributed by atoms with Crippen LogP contribution in [0, 0.1) is 6.92 Å². The van der Waals surface area contributed by atoms with Crippen LogP contribution in [-0.4, -0.2) is 10.9 Å². The molecular weight excluding hydrogens is 324 g/mol. The number of rotatable bonds is 2. The van der Waals surface area contributed by atoms with Crippen LogP contribution in [0.25, 0.3) is 10.2 Å². The smallest absolute Gasteiger partial charge is 0.272 e. The predicted octanol–water partition coefficient (Wildman–Crippen LogP) is 4.55. The number of hydrogen-bond acceptors (Lipinski definition) is 2. The Kier molecular flexibility index (Phi) is 3.16. The topological polar surface area (TPSA) is 44.9 Å². The summed E-state index contributed by atoms with van der Waals surface area (Å²) in [4.78, 5) is 15.3. The van der Waals surface area contributed by atoms with Gasteiger partial charge in [-0.2, -0.15) is 0 Å². The third-order valence-corrected chi connectivity index (χ3v) is 4.38. The van der Waals surface area contributed by atoms with E-state index in [1.54, 1.807) is 11.3 Å². The van der Waals surface area contributed by atoms with E-state index in [9.17, 15) is 4.79 Å². The Morgan fingerprint density at radius 3 is 2.89 bits per heavy atom. The zero-order chi connectivity index (χ0) is 13.4. The second kappa shape index (κ2) is 4.83. The van der Waals surface area contributed by atoms with Gasteiger partial charge in [-0.05, 0) is 58.1 Å². The lowest BCUT2D eigenvalue weighted by molar-refractivity contribution is 0.102. The molecule has 0 aliphatic heterocycles. The molecule has 3 nitrogen and oxygen atoms in total. The number of fused-ring (bicyclic) bond motifs is 1. The van der Waals surface area contributed by atoms with Gasteiger partial charge in [0, 0.05) is 4.47 Å². The van der Waals surface area contributed by atoms with Crippen LogP contribution in [0.3, 0.4) is 0 Å². The fourth-order valence-corrected chi connectivity index (χ4v) is 3.26. The summed E-state index contributed by atoms with van der Waals surface area (Å²) in [5, 5.41) is 4.89. The van der Waals surface area contributed by atoms with Gasteiger partial charge < -0.3 is 10.3 Å². The number of halogens is 1. The number of aromatic nitrogens is 1. The van der Waals surface area contributed by atoms with Gasteiger partial charge in [0.2, 0.25) is 0 Å². The molecule has 19 heavy (non-hydrogen) atoms. The molecule has 0 bridgehead atoms. The number of hydrogen-bond donors (Lipinski definition) is 2. The number of carbonyl (C=O) groups excluding carboxylic acids is 1. The Morgan fingerprint density at radius 1 is 1.32 bits per heavy atom. The van der Waals surface area contributed by atoms with Crippen LogP contribution < -0.4 is 5.32 Å². The number of nitrogens with one attached hydrogen (secondary N) is 2. The van der Waals surface area contributed by atoms with Gasteiger partial charge in [-0.3, -0.25) is 4.79 Å². The van der Waals surface area contributed by atoms with Crippen molar-refractivity contribution < 1.29 is 4.79 Å². The van der Waals surface area contributed by atoms with Crippen molar-refractivity contribution >= 4 is 49.1 Å². The molecule has 0 saturated carbocycles. The number of aryl methyl sites for hydroxylation is 1. The largest absolute Gasteiger partial charge is 0.350 e. The molecule has 0 aliphatic carbocycles. The molecule has 1 aromatic carbocycles. The van der Waals surface area contributed by atoms with Gasteiger partial charge in [-0.15, -0.1) is 11.3 Å². The molecule has 0 spiro atoms. The van der Waals surface area contributed by atoms with E-state index in [4.69, 9.17) is 0 Å². The van der Waals surface area contributed by atoms with E-state index in [1.165, 1.54) is 0 Å². The van der Waals surface area contributed by atoms with Gasteiger partial charge in [-0.25, -0.2) is 0 Å². The molecular formula is C14H11BrN2OS. The molecule has 2 N–H and O–H groups in total. The van der Waals surface area contributed by atoms with Crippen molar-refractivity contribution in [3.05, 3.63) is 51.4 Å². The average Bonchev–Trinajstić information content (AvgIpc) is 2.93. The zero-order valence-corrected chi connectivity index (χ0v) is 12.6. The standard InChI is InChI=1S/C14H11BrN2OS/c1-8-2-3-10(9(15)6-8)17-14(18)12-7-13-11(16-12)4-5-19-13/h2-7,16H,1H3,(H,17,18). The first-order valence-corrected chi connectivity index (χ1v) is 7.44. The SMILES string of the molecule is Cc1ccc(NC(=O)c2cc3sccc3[nH]2)c(Br)c1. The third-order valence-electron chi connectivity index (χ3n) is 2.86. The van der Waals surface area contributed by atoms with E-state index in [2.05, 4.69) is 26.2 Å². The second-order valence-electron chi connectivity index (χ2n) is 4.32. The molecule has 3 rings (SSSR count). The van der Waals surface area contributed by atoms with Crippen molar-refractivity contribution in [1.82, 2.24) is 4.98 Å². The van der Waals surface area contributed by atoms with Gasteiger partial charge in [0.1, 0.15) is 5.69 Å². The van der Waals surface area contributed by atoms with Crippen molar-refractivity contribution in [1.29, 1.82) is 0 Å². The lowest BCUT2D eigenvalue weighted by Gasteiger charge is -2.06. The van der Waals surface area contributed by atoms with Crippen LogP contribution in [0.15, 0.2) is 40.2 Å². The molecule has 0 radical (unpaired) electrons. The van der Waals surface area contributed by atoms with Gasteiger partial charge in [0.25, 0.3) is 5.91 Å². The van der Waals surface area contributed by atoms with Crippen molar-refractivity contribution in [2.45, 2.75) is 6.92 Å².